The number of hydrogen-bond acceptors (Lipinski definition) is 5. The maximum absolute atomic E-state index is 12.5. The Labute approximate surface area is 475 Å². The lowest BCUT2D eigenvalue weighted by Gasteiger charge is -2.20. The van der Waals surface area contributed by atoms with Gasteiger partial charge in [0.1, 0.15) is 0 Å². The molecule has 0 saturated heterocycles. The molecule has 2 atom stereocenters. The Bertz CT molecular complexity index is 1190. The van der Waals surface area contributed by atoms with Crippen molar-refractivity contribution < 1.29 is 24.5 Å². The third-order valence-electron chi connectivity index (χ3n) is 16.2. The van der Waals surface area contributed by atoms with Gasteiger partial charge in [-0.2, -0.15) is 0 Å². The van der Waals surface area contributed by atoms with Crippen LogP contribution >= 0.6 is 0 Å². The molecule has 0 aliphatic rings. The van der Waals surface area contributed by atoms with E-state index in [0.717, 1.165) is 44.9 Å². The molecule has 0 aromatic rings. The zero-order valence-electron chi connectivity index (χ0n) is 51.5. The van der Waals surface area contributed by atoms with Gasteiger partial charge >= 0.3 is 5.97 Å². The number of carbonyl (C=O) groups is 2. The van der Waals surface area contributed by atoms with Gasteiger partial charge in [-0.3, -0.25) is 9.59 Å². The summed E-state index contributed by atoms with van der Waals surface area (Å²) in [5.41, 5.74) is 0. The fourth-order valence-corrected chi connectivity index (χ4v) is 10.9. The van der Waals surface area contributed by atoms with Gasteiger partial charge in [0.15, 0.2) is 0 Å². The number of esters is 1. The average molecular weight is 1070 g/mol. The Balaban J connectivity index is 3.42. The van der Waals surface area contributed by atoms with Gasteiger partial charge in [-0.25, -0.2) is 0 Å². The van der Waals surface area contributed by atoms with E-state index in [1.165, 1.54) is 315 Å². The number of hydrogen-bond donors (Lipinski definition) is 3. The van der Waals surface area contributed by atoms with Crippen molar-refractivity contribution in [3.63, 3.8) is 0 Å². The van der Waals surface area contributed by atoms with Crippen molar-refractivity contribution in [2.75, 3.05) is 13.2 Å². The maximum atomic E-state index is 12.5. The summed E-state index contributed by atoms with van der Waals surface area (Å²) in [5, 5.41) is 23.2. The molecule has 0 fully saturated rings. The van der Waals surface area contributed by atoms with E-state index in [1.54, 1.807) is 6.08 Å². The lowest BCUT2D eigenvalue weighted by atomic mass is 10.0. The maximum Gasteiger partial charge on any atom is 0.305 e. The lowest BCUT2D eigenvalue weighted by Crippen LogP contribution is -2.45. The fraction of sp³-hybridized carbons (Fsp3) is 0.914. The Morgan fingerprint density at radius 3 is 0.934 bits per heavy atom. The van der Waals surface area contributed by atoms with Crippen molar-refractivity contribution >= 4 is 11.9 Å². The number of ether oxygens (including phenoxy) is 1. The summed E-state index contributed by atoms with van der Waals surface area (Å²) in [6.07, 6.45) is 82.4. The topological polar surface area (TPSA) is 95.9 Å². The molecule has 0 heterocycles. The molecule has 6 nitrogen and oxygen atoms in total. The monoisotopic (exact) mass is 1070 g/mol. The van der Waals surface area contributed by atoms with Gasteiger partial charge < -0.3 is 20.3 Å². The van der Waals surface area contributed by atoms with Gasteiger partial charge in [-0.15, -0.1) is 0 Å². The minimum atomic E-state index is -0.848. The quantitative estimate of drug-likeness (QED) is 0.0320. The van der Waals surface area contributed by atoms with Crippen LogP contribution in [0.3, 0.4) is 0 Å². The van der Waals surface area contributed by atoms with Crippen LogP contribution in [0.5, 0.6) is 0 Å². The molecule has 0 saturated carbocycles. The first-order chi connectivity index (χ1) is 37.5. The van der Waals surface area contributed by atoms with E-state index in [0.29, 0.717) is 19.4 Å². The van der Waals surface area contributed by atoms with Crippen LogP contribution in [0, 0.1) is 0 Å². The highest BCUT2D eigenvalue weighted by Crippen LogP contribution is 2.18. The second-order valence-electron chi connectivity index (χ2n) is 23.9. The zero-order chi connectivity index (χ0) is 55.0. The number of rotatable bonds is 65. The van der Waals surface area contributed by atoms with Crippen LogP contribution in [0.25, 0.3) is 0 Å². The highest BCUT2D eigenvalue weighted by Gasteiger charge is 2.18. The Morgan fingerprint density at radius 2 is 0.618 bits per heavy atom. The molecule has 0 radical (unpaired) electrons. The molecule has 3 N–H and O–H groups in total. The lowest BCUT2D eigenvalue weighted by molar-refractivity contribution is -0.143. The molecule has 0 aliphatic heterocycles. The minimum absolute atomic E-state index is 0.00710. The number of aliphatic hydroxyl groups excluding tert-OH is 2. The van der Waals surface area contributed by atoms with Crippen molar-refractivity contribution in [1.29, 1.82) is 0 Å². The van der Waals surface area contributed by atoms with Crippen molar-refractivity contribution in [2.45, 2.75) is 398 Å². The molecular weight excluding hydrogens is 935 g/mol. The first kappa shape index (κ1) is 74.3. The van der Waals surface area contributed by atoms with Crippen LogP contribution in [0.4, 0.5) is 0 Å². The third-order valence-corrected chi connectivity index (χ3v) is 16.2. The first-order valence-electron chi connectivity index (χ1n) is 34.6. The molecule has 76 heavy (non-hydrogen) atoms. The van der Waals surface area contributed by atoms with Gasteiger partial charge in [-0.1, -0.05) is 340 Å². The van der Waals surface area contributed by atoms with Crippen molar-refractivity contribution in [2.24, 2.45) is 0 Å². The molecule has 0 spiro atoms. The highest BCUT2D eigenvalue weighted by atomic mass is 16.5. The van der Waals surface area contributed by atoms with Crippen molar-refractivity contribution in [3.05, 3.63) is 24.3 Å². The smallest absolute Gasteiger partial charge is 0.305 e. The molecule has 1 amide bonds. The first-order valence-corrected chi connectivity index (χ1v) is 34.6. The van der Waals surface area contributed by atoms with Gasteiger partial charge in [0.25, 0.3) is 0 Å². The van der Waals surface area contributed by atoms with Gasteiger partial charge in [0, 0.05) is 12.8 Å². The largest absolute Gasteiger partial charge is 0.466 e. The van der Waals surface area contributed by atoms with Crippen molar-refractivity contribution in [3.8, 4) is 0 Å². The van der Waals surface area contributed by atoms with E-state index < -0.39 is 12.1 Å². The molecule has 0 aliphatic carbocycles. The Hall–Kier alpha value is -1.66. The molecule has 0 rings (SSSR count). The van der Waals surface area contributed by atoms with Crippen molar-refractivity contribution in [1.82, 2.24) is 5.32 Å². The molecule has 450 valence electrons. The highest BCUT2D eigenvalue weighted by molar-refractivity contribution is 5.76. The minimum Gasteiger partial charge on any atom is -0.466 e. The summed E-state index contributed by atoms with van der Waals surface area (Å²) in [4.78, 5) is 24.6. The van der Waals surface area contributed by atoms with E-state index >= 15 is 0 Å². The standard InChI is InChI=1S/C70H135NO5/c1-3-5-7-9-11-13-15-17-19-21-23-24-25-27-30-34-38-42-46-50-54-58-62-68(73)67(66-72)71-69(74)63-59-55-51-47-43-39-35-31-28-29-33-37-41-45-49-53-57-61-65-76-70(75)64-60-56-52-48-44-40-36-32-26-22-20-18-16-14-12-10-8-6-4-2/h18,20,58,62,67-68,72-73H,3-17,19,21-57,59-61,63-66H2,1-2H3,(H,71,74)/b20-18-,62-58+. The van der Waals surface area contributed by atoms with E-state index in [2.05, 4.69) is 31.3 Å². The molecule has 2 unspecified atom stereocenters. The molecule has 0 bridgehead atoms. The van der Waals surface area contributed by atoms with Gasteiger partial charge in [0.2, 0.25) is 5.91 Å². The van der Waals surface area contributed by atoms with Crippen LogP contribution in [-0.2, 0) is 14.3 Å². The third kappa shape index (κ3) is 61.6. The number of unbranched alkanes of at least 4 members (excludes halogenated alkanes) is 52. The molecule has 6 heteroatoms. The molecule has 0 aromatic carbocycles. The summed E-state index contributed by atoms with van der Waals surface area (Å²) < 4.78 is 5.50. The van der Waals surface area contributed by atoms with E-state index in [-0.39, 0.29) is 18.5 Å². The average Bonchev–Trinajstić information content (AvgIpc) is 3.42. The number of amides is 1. The van der Waals surface area contributed by atoms with Crippen LogP contribution in [-0.4, -0.2) is 47.4 Å². The zero-order valence-corrected chi connectivity index (χ0v) is 51.5. The summed E-state index contributed by atoms with van der Waals surface area (Å²) in [7, 11) is 0. The summed E-state index contributed by atoms with van der Waals surface area (Å²) in [5.74, 6) is -0.0608. The van der Waals surface area contributed by atoms with Crippen LogP contribution < -0.4 is 5.32 Å². The summed E-state index contributed by atoms with van der Waals surface area (Å²) in [6.45, 7) is 4.93. The SMILES string of the molecule is CCCCCCCC/C=C\CCCCCCCCCCCC(=O)OCCCCCCCCCCCCCCCCCCCCC(=O)NC(CO)C(O)/C=C/CCCCCCCCCCCCCCCCCCCCCC. The van der Waals surface area contributed by atoms with E-state index in [9.17, 15) is 19.8 Å². The van der Waals surface area contributed by atoms with Crippen LogP contribution in [0.15, 0.2) is 24.3 Å². The van der Waals surface area contributed by atoms with Gasteiger partial charge in [0.05, 0.1) is 25.4 Å². The number of aliphatic hydroxyl groups is 2. The fourth-order valence-electron chi connectivity index (χ4n) is 10.9. The predicted molar refractivity (Wildman–Crippen MR) is 333 cm³/mol. The number of allylic oxidation sites excluding steroid dienone is 3. The van der Waals surface area contributed by atoms with Crippen LogP contribution in [0.2, 0.25) is 0 Å². The van der Waals surface area contributed by atoms with E-state index in [1.807, 2.05) is 6.08 Å². The van der Waals surface area contributed by atoms with E-state index in [4.69, 9.17) is 4.74 Å². The normalized spacial score (nSPS) is 12.6. The second kappa shape index (κ2) is 65.9. The van der Waals surface area contributed by atoms with Crippen LogP contribution in [0.1, 0.15) is 386 Å². The Kier molecular flexibility index (Phi) is 64.4. The molecule has 0 aromatic heterocycles. The predicted octanol–water partition coefficient (Wildman–Crippen LogP) is 22.1. The molecular formula is C70H135NO5. The Morgan fingerprint density at radius 1 is 0.355 bits per heavy atom. The van der Waals surface area contributed by atoms with Gasteiger partial charge in [-0.05, 0) is 57.8 Å². The number of carbonyl (C=O) groups excluding carboxylic acids is 2. The number of nitrogens with one attached hydrogen (secondary N) is 1. The second-order valence-corrected chi connectivity index (χ2v) is 23.9. The summed E-state index contributed by atoms with van der Waals surface area (Å²) >= 11 is 0. The summed E-state index contributed by atoms with van der Waals surface area (Å²) in [6, 6.07) is -0.632.